The summed E-state index contributed by atoms with van der Waals surface area (Å²) in [4.78, 5) is 0. The minimum Gasteiger partial charge on any atom is -0.0999 e. The predicted molar refractivity (Wildman–Crippen MR) is 41.7 cm³/mol. The Bertz CT molecular complexity index is 101. The zero-order chi connectivity index (χ0) is 6.69. The van der Waals surface area contributed by atoms with Crippen molar-refractivity contribution in [3.8, 4) is 0 Å². The van der Waals surface area contributed by atoms with Crippen molar-refractivity contribution in [2.75, 3.05) is 0 Å². The normalized spacial score (nSPS) is 20.6. The van der Waals surface area contributed by atoms with E-state index >= 15 is 0 Å². The van der Waals surface area contributed by atoms with E-state index in [4.69, 9.17) is 0 Å². The third kappa shape index (κ3) is 1.68. The van der Waals surface area contributed by atoms with Gasteiger partial charge in [-0.2, -0.15) is 0 Å². The van der Waals surface area contributed by atoms with E-state index in [-0.39, 0.29) is 0 Å². The molecule has 0 heterocycles. The van der Waals surface area contributed by atoms with Gasteiger partial charge >= 0.3 is 0 Å². The van der Waals surface area contributed by atoms with Gasteiger partial charge in [-0.3, -0.25) is 0 Å². The van der Waals surface area contributed by atoms with Gasteiger partial charge in [0.1, 0.15) is 0 Å². The molecule has 0 aromatic rings. The molecule has 0 bridgehead atoms. The lowest BCUT2D eigenvalue weighted by Crippen LogP contribution is -1.95. The summed E-state index contributed by atoms with van der Waals surface area (Å²) in [7, 11) is 3.47. The van der Waals surface area contributed by atoms with Crippen molar-refractivity contribution in [2.24, 2.45) is 5.92 Å². The van der Waals surface area contributed by atoms with Gasteiger partial charge in [0.25, 0.3) is 0 Å². The maximum Gasteiger partial charge on any atom is 0.0279 e. The summed E-state index contributed by atoms with van der Waals surface area (Å²) >= 11 is 0. The van der Waals surface area contributed by atoms with Crippen molar-refractivity contribution < 1.29 is 0 Å². The molecule has 0 aliphatic heterocycles. The zero-order valence-corrected chi connectivity index (χ0v) is 6.82. The fraction of sp³-hybridized carbons (Fsp3) is 0.750. The van der Waals surface area contributed by atoms with Crippen LogP contribution in [0.25, 0.3) is 0 Å². The quantitative estimate of drug-likeness (QED) is 0.405. The van der Waals surface area contributed by atoms with Crippen LogP contribution in [0.4, 0.5) is 0 Å². The van der Waals surface area contributed by atoms with Crippen LogP contribution < -0.4 is 0 Å². The summed E-state index contributed by atoms with van der Waals surface area (Å²) in [6, 6.07) is 0.991. The van der Waals surface area contributed by atoms with Crippen LogP contribution in [0.1, 0.15) is 25.7 Å². The van der Waals surface area contributed by atoms with Gasteiger partial charge < -0.3 is 0 Å². The first-order chi connectivity index (χ1) is 4.34. The van der Waals surface area contributed by atoms with Gasteiger partial charge in [0, 0.05) is 10.2 Å². The second-order valence-corrected chi connectivity index (χ2v) is 3.17. The molecule has 9 heavy (non-hydrogen) atoms. The SMILES string of the molecule is C=C(C[Si])C1CCCC1. The molecule has 0 amide bonds. The lowest BCUT2D eigenvalue weighted by Gasteiger charge is -2.08. The highest BCUT2D eigenvalue weighted by molar-refractivity contribution is 6.10. The number of allylic oxidation sites excluding steroid dienone is 1. The van der Waals surface area contributed by atoms with Crippen molar-refractivity contribution >= 4 is 10.2 Å². The van der Waals surface area contributed by atoms with E-state index in [1.54, 1.807) is 0 Å². The van der Waals surface area contributed by atoms with E-state index < -0.39 is 0 Å². The molecule has 3 radical (unpaired) electrons. The summed E-state index contributed by atoms with van der Waals surface area (Å²) in [6.07, 6.45) is 5.58. The van der Waals surface area contributed by atoms with Crippen LogP contribution in [0.2, 0.25) is 6.04 Å². The largest absolute Gasteiger partial charge is 0.0999 e. The molecule has 0 saturated heterocycles. The summed E-state index contributed by atoms with van der Waals surface area (Å²) in [5.74, 6) is 0.836. The molecule has 1 aliphatic rings. The van der Waals surface area contributed by atoms with Gasteiger partial charge in [-0.1, -0.05) is 25.0 Å². The molecule has 0 aromatic heterocycles. The van der Waals surface area contributed by atoms with Crippen molar-refractivity contribution in [2.45, 2.75) is 31.7 Å². The molecular formula is C8H13Si. The summed E-state index contributed by atoms with van der Waals surface area (Å²) in [5.41, 5.74) is 1.39. The molecule has 1 aliphatic carbocycles. The van der Waals surface area contributed by atoms with Crippen LogP contribution in [0.3, 0.4) is 0 Å². The Morgan fingerprint density at radius 1 is 1.44 bits per heavy atom. The molecule has 0 N–H and O–H groups in total. The molecule has 0 atom stereocenters. The van der Waals surface area contributed by atoms with Crippen molar-refractivity contribution in [1.82, 2.24) is 0 Å². The van der Waals surface area contributed by atoms with E-state index in [1.807, 2.05) is 0 Å². The first-order valence-corrected chi connectivity index (χ1v) is 4.37. The second kappa shape index (κ2) is 3.21. The Balaban J connectivity index is 2.32. The molecule has 1 saturated carbocycles. The van der Waals surface area contributed by atoms with Crippen LogP contribution >= 0.6 is 0 Å². The van der Waals surface area contributed by atoms with Crippen LogP contribution in [0.15, 0.2) is 12.2 Å². The summed E-state index contributed by atoms with van der Waals surface area (Å²) < 4.78 is 0. The Morgan fingerprint density at radius 2 is 2.00 bits per heavy atom. The number of hydrogen-bond acceptors (Lipinski definition) is 0. The van der Waals surface area contributed by atoms with Gasteiger partial charge in [-0.25, -0.2) is 0 Å². The highest BCUT2D eigenvalue weighted by Gasteiger charge is 2.15. The van der Waals surface area contributed by atoms with Gasteiger partial charge in [-0.15, -0.1) is 0 Å². The van der Waals surface area contributed by atoms with E-state index in [9.17, 15) is 0 Å². The zero-order valence-electron chi connectivity index (χ0n) is 5.82. The first kappa shape index (κ1) is 7.07. The number of rotatable bonds is 2. The maximum absolute atomic E-state index is 4.01. The van der Waals surface area contributed by atoms with E-state index in [2.05, 4.69) is 16.8 Å². The van der Waals surface area contributed by atoms with Crippen molar-refractivity contribution in [3.63, 3.8) is 0 Å². The highest BCUT2D eigenvalue weighted by Crippen LogP contribution is 2.31. The molecule has 49 valence electrons. The fourth-order valence-corrected chi connectivity index (χ4v) is 1.77. The Labute approximate surface area is 60.8 Å². The molecule has 0 aromatic carbocycles. The van der Waals surface area contributed by atoms with E-state index in [0.29, 0.717) is 0 Å². The average Bonchev–Trinajstić information content (AvgIpc) is 2.37. The standard InChI is InChI=1S/C8H13Si/c1-7(6-9)8-4-2-3-5-8/h8H,1-6H2. The Kier molecular flexibility index (Phi) is 2.52. The minimum atomic E-state index is 0.836. The lowest BCUT2D eigenvalue weighted by molar-refractivity contribution is 0.645. The maximum atomic E-state index is 4.01. The molecule has 0 spiro atoms. The molecule has 0 nitrogen and oxygen atoms in total. The topological polar surface area (TPSA) is 0 Å². The Hall–Kier alpha value is -0.0431. The van der Waals surface area contributed by atoms with Crippen molar-refractivity contribution in [1.29, 1.82) is 0 Å². The average molecular weight is 137 g/mol. The predicted octanol–water partition coefficient (Wildman–Crippen LogP) is 2.32. The summed E-state index contributed by atoms with van der Waals surface area (Å²) in [6.45, 7) is 4.01. The van der Waals surface area contributed by atoms with E-state index in [0.717, 1.165) is 12.0 Å². The van der Waals surface area contributed by atoms with Crippen LogP contribution in [-0.4, -0.2) is 10.2 Å². The first-order valence-electron chi connectivity index (χ1n) is 3.67. The Morgan fingerprint density at radius 3 is 2.44 bits per heavy atom. The van der Waals surface area contributed by atoms with Crippen LogP contribution in [0.5, 0.6) is 0 Å². The summed E-state index contributed by atoms with van der Waals surface area (Å²) in [5, 5.41) is 0. The fourth-order valence-electron chi connectivity index (χ4n) is 1.48. The highest BCUT2D eigenvalue weighted by atomic mass is 28.1. The van der Waals surface area contributed by atoms with Gasteiger partial charge in [0.2, 0.25) is 0 Å². The smallest absolute Gasteiger partial charge is 0.0279 e. The number of hydrogen-bond donors (Lipinski definition) is 0. The van der Waals surface area contributed by atoms with Gasteiger partial charge in [-0.05, 0) is 24.8 Å². The molecule has 1 rings (SSSR count). The monoisotopic (exact) mass is 137 g/mol. The van der Waals surface area contributed by atoms with Gasteiger partial charge in [0.05, 0.1) is 0 Å². The molecule has 1 heteroatoms. The second-order valence-electron chi connectivity index (χ2n) is 2.82. The van der Waals surface area contributed by atoms with Crippen LogP contribution in [-0.2, 0) is 0 Å². The van der Waals surface area contributed by atoms with Crippen molar-refractivity contribution in [3.05, 3.63) is 12.2 Å². The lowest BCUT2D eigenvalue weighted by atomic mass is 10.0. The third-order valence-corrected chi connectivity index (χ3v) is 2.61. The van der Waals surface area contributed by atoms with E-state index in [1.165, 1.54) is 31.3 Å². The minimum absolute atomic E-state index is 0.836. The third-order valence-electron chi connectivity index (χ3n) is 2.16. The van der Waals surface area contributed by atoms with Gasteiger partial charge in [0.15, 0.2) is 0 Å². The molecule has 0 unspecified atom stereocenters. The molecular weight excluding hydrogens is 124 g/mol. The van der Waals surface area contributed by atoms with Crippen LogP contribution in [0, 0.1) is 5.92 Å². The molecule has 1 fully saturated rings.